The van der Waals surface area contributed by atoms with Crippen molar-refractivity contribution in [3.05, 3.63) is 52.3 Å². The maximum absolute atomic E-state index is 12.5. The van der Waals surface area contributed by atoms with Gasteiger partial charge >= 0.3 is 0 Å². The number of aromatic nitrogens is 1. The maximum Gasteiger partial charge on any atom is 0.232 e. The van der Waals surface area contributed by atoms with Gasteiger partial charge in [0.1, 0.15) is 5.49 Å². The van der Waals surface area contributed by atoms with E-state index in [0.29, 0.717) is 12.5 Å². The van der Waals surface area contributed by atoms with Crippen molar-refractivity contribution >= 4 is 17.2 Å². The van der Waals surface area contributed by atoms with Gasteiger partial charge in [-0.1, -0.05) is 31.4 Å². The number of aryl methyl sites for hydroxylation is 1. The molecule has 4 heteroatoms. The summed E-state index contributed by atoms with van der Waals surface area (Å²) in [5.41, 5.74) is 0.811. The molecule has 0 amide bonds. The van der Waals surface area contributed by atoms with E-state index in [1.165, 1.54) is 24.1 Å². The average Bonchev–Trinajstić information content (AvgIpc) is 3.08. The van der Waals surface area contributed by atoms with Crippen LogP contribution in [0.25, 0.3) is 0 Å². The molecule has 0 radical (unpaired) electrons. The van der Waals surface area contributed by atoms with Gasteiger partial charge in [0.25, 0.3) is 0 Å². The van der Waals surface area contributed by atoms with Crippen LogP contribution in [0.15, 0.2) is 46.9 Å². The fraction of sp³-hybridized carbons (Fsp3) is 0.444. The molecule has 1 fully saturated rings. The Morgan fingerprint density at radius 3 is 2.82 bits per heavy atom. The second-order valence-corrected chi connectivity index (χ2v) is 6.86. The third-order valence-electron chi connectivity index (χ3n) is 4.16. The maximum atomic E-state index is 12.5. The van der Waals surface area contributed by atoms with E-state index in [1.54, 1.807) is 15.9 Å². The predicted octanol–water partition coefficient (Wildman–Crippen LogP) is 4.06. The summed E-state index contributed by atoms with van der Waals surface area (Å²) < 4.78 is 1.72. The second kappa shape index (κ2) is 7.54. The van der Waals surface area contributed by atoms with Crippen LogP contribution in [0.2, 0.25) is 0 Å². The minimum atomic E-state index is 0.128. The Kier molecular flexibility index (Phi) is 5.22. The van der Waals surface area contributed by atoms with Crippen LogP contribution in [0.3, 0.4) is 0 Å². The first-order valence-corrected chi connectivity index (χ1v) is 8.98. The van der Waals surface area contributed by atoms with Crippen LogP contribution in [-0.2, 0) is 6.42 Å². The average molecular weight is 314 g/mol. The van der Waals surface area contributed by atoms with Crippen molar-refractivity contribution in [2.24, 2.45) is 4.99 Å². The van der Waals surface area contributed by atoms with E-state index in [9.17, 15) is 4.79 Å². The zero-order valence-electron chi connectivity index (χ0n) is 12.8. The van der Waals surface area contributed by atoms with Gasteiger partial charge in [-0.15, -0.1) is 11.3 Å². The molecule has 1 saturated carbocycles. The zero-order chi connectivity index (χ0) is 15.2. The van der Waals surface area contributed by atoms with Gasteiger partial charge in [0, 0.05) is 17.5 Å². The molecule has 1 aliphatic carbocycles. The molecule has 0 atom stereocenters. The Morgan fingerprint density at radius 1 is 1.18 bits per heavy atom. The lowest BCUT2D eigenvalue weighted by Crippen LogP contribution is -2.29. The van der Waals surface area contributed by atoms with E-state index in [0.717, 1.165) is 24.8 Å². The third kappa shape index (κ3) is 3.95. The van der Waals surface area contributed by atoms with Crippen molar-refractivity contribution in [3.8, 4) is 0 Å². The molecule has 2 heterocycles. The quantitative estimate of drug-likeness (QED) is 0.838. The van der Waals surface area contributed by atoms with Gasteiger partial charge in [-0.3, -0.25) is 14.4 Å². The first-order valence-electron chi connectivity index (χ1n) is 8.10. The Labute approximate surface area is 135 Å². The smallest absolute Gasteiger partial charge is 0.232 e. The van der Waals surface area contributed by atoms with Crippen molar-refractivity contribution in [3.63, 3.8) is 0 Å². The lowest BCUT2D eigenvalue weighted by molar-refractivity contribution is 0.0897. The summed E-state index contributed by atoms with van der Waals surface area (Å²) in [7, 11) is 0. The Bertz CT molecular complexity index is 666. The number of carbonyl (C=O) groups excluding carboxylic acids is 1. The van der Waals surface area contributed by atoms with Crippen LogP contribution in [0, 0.1) is 0 Å². The van der Waals surface area contributed by atoms with Crippen LogP contribution in [-0.4, -0.2) is 16.5 Å². The normalized spacial score (nSPS) is 16.8. The second-order valence-electron chi connectivity index (χ2n) is 5.82. The predicted molar refractivity (Wildman–Crippen MR) is 90.1 cm³/mol. The molecule has 3 rings (SSSR count). The third-order valence-corrected chi connectivity index (χ3v) is 5.10. The number of thiophene rings is 1. The summed E-state index contributed by atoms with van der Waals surface area (Å²) in [6.45, 7) is 0. The molecule has 2 aromatic rings. The summed E-state index contributed by atoms with van der Waals surface area (Å²) in [5, 5.41) is 2.05. The monoisotopic (exact) mass is 314 g/mol. The molecule has 3 nitrogen and oxygen atoms in total. The van der Waals surface area contributed by atoms with Crippen molar-refractivity contribution in [1.82, 2.24) is 4.57 Å². The highest BCUT2D eigenvalue weighted by Gasteiger charge is 2.12. The summed E-state index contributed by atoms with van der Waals surface area (Å²) >= 11 is 1.71. The topological polar surface area (TPSA) is 34.4 Å². The van der Waals surface area contributed by atoms with Gasteiger partial charge < -0.3 is 0 Å². The molecule has 1 aliphatic rings. The largest absolute Gasteiger partial charge is 0.274 e. The molecular formula is C18H22N2OS. The first-order chi connectivity index (χ1) is 10.8. The van der Waals surface area contributed by atoms with Crippen LogP contribution < -0.4 is 5.49 Å². The van der Waals surface area contributed by atoms with Gasteiger partial charge in [-0.25, -0.2) is 0 Å². The van der Waals surface area contributed by atoms with Gasteiger partial charge in [0.2, 0.25) is 5.91 Å². The van der Waals surface area contributed by atoms with Crippen LogP contribution in [0.1, 0.15) is 48.2 Å². The Morgan fingerprint density at radius 2 is 2.05 bits per heavy atom. The Hall–Kier alpha value is -1.68. The first kappa shape index (κ1) is 15.2. The summed E-state index contributed by atoms with van der Waals surface area (Å²) in [6, 6.07) is 10.3. The number of carbonyl (C=O) groups is 1. The van der Waals surface area contributed by atoms with E-state index in [-0.39, 0.29) is 5.91 Å². The molecule has 116 valence electrons. The molecule has 0 aliphatic heterocycles. The minimum absolute atomic E-state index is 0.128. The molecule has 0 spiro atoms. The highest BCUT2D eigenvalue weighted by molar-refractivity contribution is 7.09. The van der Waals surface area contributed by atoms with Gasteiger partial charge in [-0.05, 0) is 42.8 Å². The van der Waals surface area contributed by atoms with Crippen LogP contribution in [0.5, 0.6) is 0 Å². The molecule has 0 unspecified atom stereocenters. The van der Waals surface area contributed by atoms with Gasteiger partial charge in [0.05, 0.1) is 6.04 Å². The van der Waals surface area contributed by atoms with Gasteiger partial charge in [0.15, 0.2) is 0 Å². The molecule has 0 saturated heterocycles. The molecular weight excluding hydrogens is 292 g/mol. The van der Waals surface area contributed by atoms with E-state index < -0.39 is 0 Å². The highest BCUT2D eigenvalue weighted by Crippen LogP contribution is 2.19. The summed E-state index contributed by atoms with van der Waals surface area (Å²) in [6.07, 6.45) is 9.32. The fourth-order valence-corrected chi connectivity index (χ4v) is 3.66. The summed E-state index contributed by atoms with van der Waals surface area (Å²) in [5.74, 6) is 0.128. The minimum Gasteiger partial charge on any atom is -0.274 e. The molecule has 0 N–H and O–H groups in total. The van der Waals surface area contributed by atoms with Crippen molar-refractivity contribution in [2.45, 2.75) is 51.0 Å². The lowest BCUT2D eigenvalue weighted by atomic mass is 9.96. The number of hydrogen-bond donors (Lipinski definition) is 0. The number of pyridine rings is 1. The molecule has 0 bridgehead atoms. The Balaban J connectivity index is 1.75. The molecule has 2 aromatic heterocycles. The fourth-order valence-electron chi connectivity index (χ4n) is 2.95. The van der Waals surface area contributed by atoms with Crippen LogP contribution in [0.4, 0.5) is 0 Å². The molecule has 22 heavy (non-hydrogen) atoms. The van der Waals surface area contributed by atoms with E-state index in [1.807, 2.05) is 30.5 Å². The number of hydrogen-bond acceptors (Lipinski definition) is 3. The van der Waals surface area contributed by atoms with Gasteiger partial charge in [-0.2, -0.15) is 0 Å². The van der Waals surface area contributed by atoms with E-state index in [4.69, 9.17) is 4.99 Å². The molecule has 0 aromatic carbocycles. The van der Waals surface area contributed by atoms with Crippen LogP contribution >= 0.6 is 11.3 Å². The highest BCUT2D eigenvalue weighted by atomic mass is 32.1. The van der Waals surface area contributed by atoms with Crippen molar-refractivity contribution in [1.29, 1.82) is 0 Å². The van der Waals surface area contributed by atoms with E-state index >= 15 is 0 Å². The standard InChI is InChI=1S/C18H22N2OS/c21-18(12-11-16-9-6-14-22-16)20-13-5-4-10-17(20)19-15-7-2-1-3-8-15/h4-6,9-10,13-15H,1-3,7-8,11-12H2. The van der Waals surface area contributed by atoms with E-state index in [2.05, 4.69) is 11.4 Å². The number of rotatable bonds is 4. The van der Waals surface area contributed by atoms with Crippen molar-refractivity contribution in [2.75, 3.05) is 0 Å². The lowest BCUT2D eigenvalue weighted by Gasteiger charge is -2.17. The number of nitrogens with zero attached hydrogens (tertiary/aromatic N) is 2. The SMILES string of the molecule is O=C(CCc1cccs1)n1ccccc1=NC1CCCCC1. The zero-order valence-corrected chi connectivity index (χ0v) is 13.6. The summed E-state index contributed by atoms with van der Waals surface area (Å²) in [4.78, 5) is 18.6. The van der Waals surface area contributed by atoms with Crippen molar-refractivity contribution < 1.29 is 4.79 Å².